The first kappa shape index (κ1) is 23.6. The molecule has 2 amide bonds. The minimum absolute atomic E-state index is 0.0426. The predicted molar refractivity (Wildman–Crippen MR) is 133 cm³/mol. The average Bonchev–Trinajstić information content (AvgIpc) is 3.43. The van der Waals surface area contributed by atoms with Gasteiger partial charge >= 0.3 is 0 Å². The van der Waals surface area contributed by atoms with Gasteiger partial charge in [-0.1, -0.05) is 52.7 Å². The van der Waals surface area contributed by atoms with Crippen LogP contribution in [-0.2, 0) is 11.2 Å². The molecule has 2 N–H and O–H groups in total. The number of amides is 2. The lowest BCUT2D eigenvalue weighted by molar-refractivity contribution is -0.120. The van der Waals surface area contributed by atoms with E-state index in [9.17, 15) is 9.59 Å². The standard InChI is InChI=1S/C23H17Cl2N5O3S/c1-13-4-2-3-5-16(13)22(32)27-23-30-29-21(34-23)11-20(31)28-26-12-15-7-9-19(33-15)17-8-6-14(24)10-18(17)25/h2-10,12H,11H2,1H3,(H,28,31)(H,27,30,32)/b26-12+. The first-order chi connectivity index (χ1) is 16.4. The van der Waals surface area contributed by atoms with Crippen molar-refractivity contribution in [2.75, 3.05) is 5.32 Å². The van der Waals surface area contributed by atoms with Crippen molar-refractivity contribution in [1.29, 1.82) is 0 Å². The molecule has 0 fully saturated rings. The van der Waals surface area contributed by atoms with Crippen LogP contribution in [0, 0.1) is 6.92 Å². The van der Waals surface area contributed by atoms with Gasteiger partial charge in [-0.25, -0.2) is 5.43 Å². The van der Waals surface area contributed by atoms with Crippen molar-refractivity contribution < 1.29 is 14.0 Å². The molecule has 4 aromatic rings. The van der Waals surface area contributed by atoms with Gasteiger partial charge in [0.15, 0.2) is 0 Å². The highest BCUT2D eigenvalue weighted by atomic mass is 35.5. The smallest absolute Gasteiger partial charge is 0.257 e. The minimum atomic E-state index is -0.392. The van der Waals surface area contributed by atoms with Crippen LogP contribution in [0.1, 0.15) is 26.7 Å². The van der Waals surface area contributed by atoms with Gasteiger partial charge < -0.3 is 4.42 Å². The Labute approximate surface area is 208 Å². The van der Waals surface area contributed by atoms with Gasteiger partial charge in [0.2, 0.25) is 11.0 Å². The first-order valence-electron chi connectivity index (χ1n) is 9.95. The molecule has 11 heteroatoms. The van der Waals surface area contributed by atoms with Gasteiger partial charge in [-0.15, -0.1) is 10.2 Å². The molecule has 0 spiro atoms. The number of hydrogen-bond acceptors (Lipinski definition) is 7. The molecule has 0 radical (unpaired) electrons. The summed E-state index contributed by atoms with van der Waals surface area (Å²) in [5.74, 6) is 0.297. The Bertz CT molecular complexity index is 1380. The second-order valence-corrected chi connectivity index (χ2v) is 8.97. The zero-order valence-electron chi connectivity index (χ0n) is 17.7. The van der Waals surface area contributed by atoms with E-state index < -0.39 is 5.91 Å². The van der Waals surface area contributed by atoms with Crippen molar-refractivity contribution in [3.8, 4) is 11.3 Å². The van der Waals surface area contributed by atoms with Gasteiger partial charge in [-0.2, -0.15) is 5.10 Å². The van der Waals surface area contributed by atoms with Gasteiger partial charge in [0.1, 0.15) is 16.5 Å². The van der Waals surface area contributed by atoms with Crippen molar-refractivity contribution in [2.45, 2.75) is 13.3 Å². The number of carbonyl (C=O) groups is 2. The summed E-state index contributed by atoms with van der Waals surface area (Å²) in [6.45, 7) is 1.85. The number of aryl methyl sites for hydroxylation is 1. The number of benzene rings is 2. The molecule has 0 aliphatic rings. The second-order valence-electron chi connectivity index (χ2n) is 7.07. The quantitative estimate of drug-likeness (QED) is 0.255. The van der Waals surface area contributed by atoms with E-state index in [1.54, 1.807) is 42.5 Å². The highest BCUT2D eigenvalue weighted by Gasteiger charge is 2.14. The highest BCUT2D eigenvalue weighted by molar-refractivity contribution is 7.15. The highest BCUT2D eigenvalue weighted by Crippen LogP contribution is 2.31. The molecule has 0 aliphatic carbocycles. The van der Waals surface area contributed by atoms with E-state index in [2.05, 4.69) is 26.0 Å². The maximum atomic E-state index is 12.4. The molecule has 2 aromatic heterocycles. The van der Waals surface area contributed by atoms with Crippen LogP contribution < -0.4 is 10.7 Å². The molecular formula is C23H17Cl2N5O3S. The van der Waals surface area contributed by atoms with Crippen LogP contribution in [0.4, 0.5) is 5.13 Å². The third kappa shape index (κ3) is 5.88. The van der Waals surface area contributed by atoms with Crippen molar-refractivity contribution in [3.63, 3.8) is 0 Å². The maximum Gasteiger partial charge on any atom is 0.257 e. The molecule has 0 unspecified atom stereocenters. The largest absolute Gasteiger partial charge is 0.455 e. The zero-order valence-corrected chi connectivity index (χ0v) is 20.0. The molecule has 172 valence electrons. The number of carbonyl (C=O) groups excluding carboxylic acids is 2. The monoisotopic (exact) mass is 513 g/mol. The third-order valence-corrected chi connectivity index (χ3v) is 5.98. The van der Waals surface area contributed by atoms with Crippen molar-refractivity contribution in [1.82, 2.24) is 15.6 Å². The van der Waals surface area contributed by atoms with Gasteiger partial charge in [-0.05, 0) is 48.9 Å². The molecule has 0 bridgehead atoms. The Morgan fingerprint density at radius 1 is 1.12 bits per heavy atom. The summed E-state index contributed by atoms with van der Waals surface area (Å²) in [4.78, 5) is 24.5. The summed E-state index contributed by atoms with van der Waals surface area (Å²) in [6.07, 6.45) is 1.33. The fourth-order valence-corrected chi connectivity index (χ4v) is 4.20. The van der Waals surface area contributed by atoms with Crippen LogP contribution in [0.2, 0.25) is 10.0 Å². The number of hydrazone groups is 1. The Morgan fingerprint density at radius 3 is 2.74 bits per heavy atom. The average molecular weight is 514 g/mol. The number of aromatic nitrogens is 2. The van der Waals surface area contributed by atoms with E-state index in [0.29, 0.717) is 42.8 Å². The lowest BCUT2D eigenvalue weighted by Gasteiger charge is -2.03. The van der Waals surface area contributed by atoms with Crippen LogP contribution >= 0.6 is 34.5 Å². The van der Waals surface area contributed by atoms with Crippen molar-refractivity contribution in [2.24, 2.45) is 5.10 Å². The van der Waals surface area contributed by atoms with Gasteiger partial charge in [0, 0.05) is 16.1 Å². The summed E-state index contributed by atoms with van der Waals surface area (Å²) in [7, 11) is 0. The van der Waals surface area contributed by atoms with Crippen molar-refractivity contribution in [3.05, 3.63) is 86.5 Å². The summed E-state index contributed by atoms with van der Waals surface area (Å²) >= 11 is 13.2. The SMILES string of the molecule is Cc1ccccc1C(=O)Nc1nnc(CC(=O)N/N=C/c2ccc(-c3ccc(Cl)cc3Cl)o2)s1. The number of nitrogens with zero attached hydrogens (tertiary/aromatic N) is 3. The van der Waals surface area contributed by atoms with Crippen LogP contribution in [-0.4, -0.2) is 28.2 Å². The summed E-state index contributed by atoms with van der Waals surface area (Å²) in [5, 5.41) is 16.2. The molecule has 2 heterocycles. The fraction of sp³-hybridized carbons (Fsp3) is 0.0870. The Balaban J connectivity index is 1.30. The van der Waals surface area contributed by atoms with Crippen LogP contribution in [0.15, 0.2) is 64.1 Å². The van der Waals surface area contributed by atoms with E-state index >= 15 is 0 Å². The Morgan fingerprint density at radius 2 is 1.94 bits per heavy atom. The number of halogens is 2. The van der Waals surface area contributed by atoms with Crippen LogP contribution in [0.25, 0.3) is 11.3 Å². The number of anilines is 1. The Kier molecular flexibility index (Phi) is 7.36. The molecule has 8 nitrogen and oxygen atoms in total. The lowest BCUT2D eigenvalue weighted by Crippen LogP contribution is -2.19. The zero-order chi connectivity index (χ0) is 24.1. The van der Waals surface area contributed by atoms with E-state index in [1.165, 1.54) is 6.21 Å². The molecular weight excluding hydrogens is 497 g/mol. The minimum Gasteiger partial charge on any atom is -0.455 e. The molecule has 0 aliphatic heterocycles. The summed E-state index contributed by atoms with van der Waals surface area (Å²) in [5.41, 5.74) is 4.50. The summed E-state index contributed by atoms with van der Waals surface area (Å²) < 4.78 is 5.69. The van der Waals surface area contributed by atoms with Gasteiger partial charge in [0.25, 0.3) is 5.91 Å². The molecule has 0 atom stereocenters. The first-order valence-corrected chi connectivity index (χ1v) is 11.5. The molecule has 0 saturated carbocycles. The van der Waals surface area contributed by atoms with E-state index in [1.807, 2.05) is 19.1 Å². The molecule has 0 saturated heterocycles. The van der Waals surface area contributed by atoms with Crippen molar-refractivity contribution >= 4 is 57.7 Å². The second kappa shape index (κ2) is 10.6. The van der Waals surface area contributed by atoms with E-state index in [4.69, 9.17) is 27.6 Å². The predicted octanol–water partition coefficient (Wildman–Crippen LogP) is 5.36. The van der Waals surface area contributed by atoms with E-state index in [0.717, 1.165) is 16.9 Å². The number of furan rings is 1. The van der Waals surface area contributed by atoms with E-state index in [-0.39, 0.29) is 12.3 Å². The number of rotatable bonds is 7. The molecule has 2 aromatic carbocycles. The van der Waals surface area contributed by atoms with Crippen LogP contribution in [0.3, 0.4) is 0 Å². The summed E-state index contributed by atoms with van der Waals surface area (Å²) in [6, 6.07) is 15.8. The maximum absolute atomic E-state index is 12.4. The van der Waals surface area contributed by atoms with Crippen LogP contribution in [0.5, 0.6) is 0 Å². The van der Waals surface area contributed by atoms with Gasteiger partial charge in [-0.3, -0.25) is 14.9 Å². The Hall–Kier alpha value is -3.53. The lowest BCUT2D eigenvalue weighted by atomic mass is 10.1. The number of hydrogen-bond donors (Lipinski definition) is 2. The van der Waals surface area contributed by atoms with Gasteiger partial charge in [0.05, 0.1) is 17.7 Å². The third-order valence-electron chi connectivity index (χ3n) is 4.59. The fourth-order valence-electron chi connectivity index (χ4n) is 2.97. The normalized spacial score (nSPS) is 11.0. The number of nitrogens with one attached hydrogen (secondary N) is 2. The topological polar surface area (TPSA) is 109 Å². The molecule has 4 rings (SSSR count). The molecule has 34 heavy (non-hydrogen) atoms.